The molecule has 8 nitrogen and oxygen atoms in total. The number of carbonyl (C=O) groups excluding carboxylic acids is 1. The van der Waals surface area contributed by atoms with E-state index in [1.807, 2.05) is 72.8 Å². The predicted molar refractivity (Wildman–Crippen MR) is 132 cm³/mol. The average Bonchev–Trinajstić information content (AvgIpc) is 3.29. The summed E-state index contributed by atoms with van der Waals surface area (Å²) in [4.78, 5) is 34.6. The third-order valence-corrected chi connectivity index (χ3v) is 5.46. The molecule has 0 fully saturated rings. The Labute approximate surface area is 201 Å². The molecule has 176 valence electrons. The first-order valence-electron chi connectivity index (χ1n) is 11.0. The van der Waals surface area contributed by atoms with Crippen molar-refractivity contribution in [2.24, 2.45) is 0 Å². The molecular weight excluding hydrogens is 446 g/mol. The van der Waals surface area contributed by atoms with Gasteiger partial charge in [0.15, 0.2) is 0 Å². The first-order valence-corrected chi connectivity index (χ1v) is 11.0. The number of nitrogens with one attached hydrogen (secondary N) is 1. The Morgan fingerprint density at radius 2 is 1.66 bits per heavy atom. The molecule has 0 unspecified atom stereocenters. The first kappa shape index (κ1) is 23.4. The van der Waals surface area contributed by atoms with Crippen LogP contribution >= 0.6 is 0 Å². The summed E-state index contributed by atoms with van der Waals surface area (Å²) in [7, 11) is 0. The van der Waals surface area contributed by atoms with Crippen LogP contribution in [0.2, 0.25) is 0 Å². The number of benzene rings is 3. The van der Waals surface area contributed by atoms with Gasteiger partial charge in [-0.2, -0.15) is 5.10 Å². The Hall–Kier alpha value is -4.72. The number of carboxylic acid groups (broad SMARTS) is 2. The molecular formula is C27H23N3O5. The number of carbonyl (C=O) groups is 3. The van der Waals surface area contributed by atoms with Crippen molar-refractivity contribution in [1.82, 2.24) is 15.1 Å². The van der Waals surface area contributed by atoms with Gasteiger partial charge in [-0.1, -0.05) is 54.6 Å². The second kappa shape index (κ2) is 10.5. The van der Waals surface area contributed by atoms with Crippen molar-refractivity contribution in [2.75, 3.05) is 0 Å². The van der Waals surface area contributed by atoms with Crippen LogP contribution in [0.5, 0.6) is 0 Å². The van der Waals surface area contributed by atoms with Crippen molar-refractivity contribution in [3.05, 3.63) is 90.6 Å². The zero-order valence-corrected chi connectivity index (χ0v) is 18.7. The summed E-state index contributed by atoms with van der Waals surface area (Å²) in [5, 5.41) is 27.3. The number of amides is 1. The van der Waals surface area contributed by atoms with E-state index in [2.05, 4.69) is 5.32 Å². The van der Waals surface area contributed by atoms with Crippen LogP contribution in [0.15, 0.2) is 85.1 Å². The van der Waals surface area contributed by atoms with Crippen molar-refractivity contribution in [1.29, 1.82) is 0 Å². The fourth-order valence-corrected chi connectivity index (χ4v) is 3.69. The highest BCUT2D eigenvalue weighted by atomic mass is 16.4. The molecule has 0 aliphatic carbocycles. The molecule has 1 amide bonds. The van der Waals surface area contributed by atoms with Gasteiger partial charge in [0.1, 0.15) is 6.04 Å². The Balaban J connectivity index is 1.65. The van der Waals surface area contributed by atoms with Crippen molar-refractivity contribution in [3.63, 3.8) is 0 Å². The van der Waals surface area contributed by atoms with Crippen LogP contribution in [0.25, 0.3) is 33.8 Å². The number of para-hydroxylation sites is 1. The third kappa shape index (κ3) is 5.80. The number of rotatable bonds is 9. The van der Waals surface area contributed by atoms with Gasteiger partial charge < -0.3 is 15.5 Å². The summed E-state index contributed by atoms with van der Waals surface area (Å²) in [6.45, 7) is 0. The molecule has 1 heterocycles. The van der Waals surface area contributed by atoms with Crippen LogP contribution in [-0.2, 0) is 14.4 Å². The van der Waals surface area contributed by atoms with Gasteiger partial charge in [-0.05, 0) is 41.5 Å². The zero-order chi connectivity index (χ0) is 24.8. The summed E-state index contributed by atoms with van der Waals surface area (Å²) >= 11 is 0. The Morgan fingerprint density at radius 3 is 2.37 bits per heavy atom. The minimum Gasteiger partial charge on any atom is -0.481 e. The molecule has 4 rings (SSSR count). The minimum atomic E-state index is -1.30. The molecule has 1 aromatic heterocycles. The van der Waals surface area contributed by atoms with E-state index in [-0.39, 0.29) is 12.8 Å². The van der Waals surface area contributed by atoms with E-state index >= 15 is 0 Å². The van der Waals surface area contributed by atoms with Gasteiger partial charge in [0, 0.05) is 29.8 Å². The monoisotopic (exact) mass is 469 g/mol. The second-order valence-electron chi connectivity index (χ2n) is 7.94. The highest BCUT2D eigenvalue weighted by Gasteiger charge is 2.20. The van der Waals surface area contributed by atoms with Crippen molar-refractivity contribution < 1.29 is 24.6 Å². The minimum absolute atomic E-state index is 0.210. The highest BCUT2D eigenvalue weighted by Crippen LogP contribution is 2.28. The molecule has 0 saturated carbocycles. The Bertz CT molecular complexity index is 1410. The second-order valence-corrected chi connectivity index (χ2v) is 7.94. The number of aliphatic carboxylic acids is 2. The molecule has 0 aliphatic heterocycles. The van der Waals surface area contributed by atoms with E-state index in [1.54, 1.807) is 17.0 Å². The average molecular weight is 469 g/mol. The van der Waals surface area contributed by atoms with Crippen LogP contribution < -0.4 is 5.32 Å². The maximum atomic E-state index is 12.4. The van der Waals surface area contributed by atoms with Crippen LogP contribution in [0.1, 0.15) is 18.4 Å². The van der Waals surface area contributed by atoms with Crippen molar-refractivity contribution in [3.8, 4) is 16.9 Å². The van der Waals surface area contributed by atoms with Gasteiger partial charge in [-0.25, -0.2) is 9.48 Å². The standard InChI is InChI=1S/C27H23N3O5/c31-24(28-23(27(34)35)13-15-25(32)33)14-12-21-17-30(22-8-2-1-3-9-22)29-26(21)20-11-10-18-6-4-5-7-19(18)16-20/h1-12,14,16-17,23H,13,15H2,(H,28,31)(H,32,33)(H,34,35)/b14-12+/t23-/m0/s1. The van der Waals surface area contributed by atoms with Gasteiger partial charge in [0.25, 0.3) is 0 Å². The summed E-state index contributed by atoms with van der Waals surface area (Å²) in [5.74, 6) is -3.06. The molecule has 3 N–H and O–H groups in total. The molecule has 4 aromatic rings. The number of carboxylic acids is 2. The largest absolute Gasteiger partial charge is 0.481 e. The zero-order valence-electron chi connectivity index (χ0n) is 18.7. The van der Waals surface area contributed by atoms with E-state index in [1.165, 1.54) is 6.08 Å². The summed E-state index contributed by atoms with van der Waals surface area (Å²) in [6, 6.07) is 22.2. The number of hydrogen-bond acceptors (Lipinski definition) is 4. The van der Waals surface area contributed by atoms with E-state index in [4.69, 9.17) is 10.2 Å². The Morgan fingerprint density at radius 1 is 0.943 bits per heavy atom. The topological polar surface area (TPSA) is 122 Å². The summed E-state index contributed by atoms with van der Waals surface area (Å²) in [5.41, 5.74) is 3.03. The van der Waals surface area contributed by atoms with Gasteiger partial charge >= 0.3 is 11.9 Å². The predicted octanol–water partition coefficient (Wildman–Crippen LogP) is 4.14. The van der Waals surface area contributed by atoms with E-state index < -0.39 is 23.9 Å². The van der Waals surface area contributed by atoms with E-state index in [0.29, 0.717) is 11.3 Å². The quantitative estimate of drug-likeness (QED) is 0.317. The molecule has 0 radical (unpaired) electrons. The Kier molecular flexibility index (Phi) is 7.02. The summed E-state index contributed by atoms with van der Waals surface area (Å²) in [6.07, 6.45) is 4.02. The lowest BCUT2D eigenvalue weighted by atomic mass is 10.0. The van der Waals surface area contributed by atoms with Gasteiger partial charge in [-0.15, -0.1) is 0 Å². The molecule has 0 spiro atoms. The van der Waals surface area contributed by atoms with Crippen LogP contribution in [0, 0.1) is 0 Å². The van der Waals surface area contributed by atoms with Crippen LogP contribution in [-0.4, -0.2) is 43.9 Å². The maximum absolute atomic E-state index is 12.4. The number of aromatic nitrogens is 2. The van der Waals surface area contributed by atoms with E-state index in [9.17, 15) is 19.5 Å². The third-order valence-electron chi connectivity index (χ3n) is 5.46. The molecule has 35 heavy (non-hydrogen) atoms. The summed E-state index contributed by atoms with van der Waals surface area (Å²) < 4.78 is 1.72. The maximum Gasteiger partial charge on any atom is 0.326 e. The van der Waals surface area contributed by atoms with Gasteiger partial charge in [0.2, 0.25) is 5.91 Å². The molecule has 0 saturated heterocycles. The van der Waals surface area contributed by atoms with E-state index in [0.717, 1.165) is 22.0 Å². The van der Waals surface area contributed by atoms with Gasteiger partial charge in [-0.3, -0.25) is 9.59 Å². The SMILES string of the molecule is O=C(O)CC[C@H](NC(=O)/C=C/c1cn(-c2ccccc2)nc1-c1ccc2ccccc2c1)C(=O)O. The fraction of sp³-hybridized carbons (Fsp3) is 0.111. The lowest BCUT2D eigenvalue weighted by Gasteiger charge is -2.11. The smallest absolute Gasteiger partial charge is 0.326 e. The van der Waals surface area contributed by atoms with Crippen molar-refractivity contribution >= 4 is 34.7 Å². The van der Waals surface area contributed by atoms with Crippen LogP contribution in [0.4, 0.5) is 0 Å². The molecule has 3 aromatic carbocycles. The molecule has 0 aliphatic rings. The number of fused-ring (bicyclic) bond motifs is 1. The normalized spacial score (nSPS) is 12.0. The first-order chi connectivity index (χ1) is 16.9. The lowest BCUT2D eigenvalue weighted by molar-refractivity contribution is -0.142. The molecule has 1 atom stereocenters. The number of hydrogen-bond donors (Lipinski definition) is 3. The van der Waals surface area contributed by atoms with Gasteiger partial charge in [0.05, 0.1) is 11.4 Å². The number of nitrogens with zero attached hydrogens (tertiary/aromatic N) is 2. The molecule has 0 bridgehead atoms. The lowest BCUT2D eigenvalue weighted by Crippen LogP contribution is -2.40. The highest BCUT2D eigenvalue weighted by molar-refractivity contribution is 5.95. The fourth-order valence-electron chi connectivity index (χ4n) is 3.69. The van der Waals surface area contributed by atoms with Crippen LogP contribution in [0.3, 0.4) is 0 Å². The van der Waals surface area contributed by atoms with Crippen molar-refractivity contribution in [2.45, 2.75) is 18.9 Å². The molecule has 8 heteroatoms.